The van der Waals surface area contributed by atoms with Gasteiger partial charge in [-0.1, -0.05) is 0 Å². The van der Waals surface area contributed by atoms with E-state index < -0.39 is 11.0 Å². The van der Waals surface area contributed by atoms with E-state index in [9.17, 15) is 19.7 Å². The molecule has 2 saturated heterocycles. The number of ether oxygens (including phenoxy) is 1. The van der Waals surface area contributed by atoms with Crippen molar-refractivity contribution in [2.75, 3.05) is 54.0 Å². The van der Waals surface area contributed by atoms with Gasteiger partial charge >= 0.3 is 6.09 Å². The van der Waals surface area contributed by atoms with Crippen molar-refractivity contribution in [3.05, 3.63) is 52.7 Å². The summed E-state index contributed by atoms with van der Waals surface area (Å²) in [6.45, 7) is 5.16. The molecule has 1 aromatic heterocycles. The fourth-order valence-corrected chi connectivity index (χ4v) is 3.81. The van der Waals surface area contributed by atoms with Crippen molar-refractivity contribution < 1.29 is 19.2 Å². The van der Waals surface area contributed by atoms with Gasteiger partial charge in [0.1, 0.15) is 18.1 Å². The Bertz CT molecular complexity index is 989. The zero-order chi connectivity index (χ0) is 22.7. The first kappa shape index (κ1) is 21.3. The average molecular weight is 440 g/mol. The number of piperazine rings is 1. The van der Waals surface area contributed by atoms with Gasteiger partial charge in [-0.05, 0) is 30.3 Å². The van der Waals surface area contributed by atoms with E-state index in [0.29, 0.717) is 13.1 Å². The summed E-state index contributed by atoms with van der Waals surface area (Å²) in [4.78, 5) is 43.7. The number of amides is 2. The molecule has 1 aromatic carbocycles. The van der Waals surface area contributed by atoms with Gasteiger partial charge in [0, 0.05) is 50.5 Å². The van der Waals surface area contributed by atoms with E-state index in [2.05, 4.69) is 20.1 Å². The number of hydrogen-bond donors (Lipinski definition) is 1. The first-order valence-corrected chi connectivity index (χ1v) is 10.3. The van der Waals surface area contributed by atoms with Gasteiger partial charge in [0.2, 0.25) is 5.91 Å². The molecule has 168 valence electrons. The number of rotatable bonds is 6. The predicted molar refractivity (Wildman–Crippen MR) is 118 cm³/mol. The van der Waals surface area contributed by atoms with Crippen LogP contribution in [0.15, 0.2) is 42.6 Å². The lowest BCUT2D eigenvalue weighted by atomic mass is 10.2. The van der Waals surface area contributed by atoms with Crippen LogP contribution in [0.3, 0.4) is 0 Å². The Hall–Kier alpha value is -3.89. The number of nitrogens with zero attached hydrogens (tertiary/aromatic N) is 5. The van der Waals surface area contributed by atoms with E-state index in [1.54, 1.807) is 11.0 Å². The molecule has 0 radical (unpaired) electrons. The molecular formula is C21H24N6O5. The number of nitro groups is 1. The molecule has 2 amide bonds. The van der Waals surface area contributed by atoms with Crippen molar-refractivity contribution in [1.82, 2.24) is 10.3 Å². The topological polar surface area (TPSA) is 121 Å². The van der Waals surface area contributed by atoms with Gasteiger partial charge < -0.3 is 19.9 Å². The summed E-state index contributed by atoms with van der Waals surface area (Å²) in [6, 6.07) is 10.9. The summed E-state index contributed by atoms with van der Waals surface area (Å²) in [6.07, 6.45) is 0.495. The molecule has 2 fully saturated rings. The molecule has 0 spiro atoms. The highest BCUT2D eigenvalue weighted by Gasteiger charge is 2.32. The number of carbonyl (C=O) groups is 2. The minimum atomic E-state index is -0.455. The van der Waals surface area contributed by atoms with Crippen LogP contribution in [-0.4, -0.2) is 67.3 Å². The number of pyridine rings is 1. The van der Waals surface area contributed by atoms with Gasteiger partial charge in [-0.25, -0.2) is 9.78 Å². The van der Waals surface area contributed by atoms with Crippen molar-refractivity contribution in [3.63, 3.8) is 0 Å². The monoisotopic (exact) mass is 440 g/mol. The average Bonchev–Trinajstić information content (AvgIpc) is 3.18. The highest BCUT2D eigenvalue weighted by Crippen LogP contribution is 2.26. The zero-order valence-corrected chi connectivity index (χ0v) is 17.6. The molecule has 2 aromatic rings. The van der Waals surface area contributed by atoms with E-state index in [1.165, 1.54) is 19.2 Å². The van der Waals surface area contributed by atoms with E-state index in [1.807, 2.05) is 24.3 Å². The van der Waals surface area contributed by atoms with Crippen molar-refractivity contribution >= 4 is 34.9 Å². The molecule has 3 heterocycles. The molecule has 11 heteroatoms. The van der Waals surface area contributed by atoms with Gasteiger partial charge in [0.25, 0.3) is 5.69 Å². The number of benzene rings is 1. The maximum absolute atomic E-state index is 12.2. The van der Waals surface area contributed by atoms with Crippen LogP contribution >= 0.6 is 0 Å². The molecule has 2 aliphatic rings. The molecule has 0 aliphatic carbocycles. The van der Waals surface area contributed by atoms with Crippen LogP contribution < -0.4 is 20.0 Å². The Morgan fingerprint density at radius 2 is 1.78 bits per heavy atom. The van der Waals surface area contributed by atoms with Crippen molar-refractivity contribution in [2.24, 2.45) is 0 Å². The van der Waals surface area contributed by atoms with Gasteiger partial charge in [-0.2, -0.15) is 0 Å². The van der Waals surface area contributed by atoms with Gasteiger partial charge in [0.15, 0.2) is 0 Å². The lowest BCUT2D eigenvalue weighted by Gasteiger charge is -2.36. The minimum absolute atomic E-state index is 0.0178. The molecule has 0 saturated carbocycles. The Labute approximate surface area is 184 Å². The maximum Gasteiger partial charge on any atom is 0.414 e. The first-order valence-electron chi connectivity index (χ1n) is 10.3. The van der Waals surface area contributed by atoms with E-state index >= 15 is 0 Å². The standard InChI is InChI=1S/C21H24N6O5/c1-15(28)22-13-19-14-26(21(29)32-19)17-4-2-16(3-5-17)24-8-10-25(11-9-24)20-7-6-18(12-23-20)27(30)31/h2-7,12,19H,8-11,13-14H2,1H3,(H,22,28). The zero-order valence-electron chi connectivity index (χ0n) is 17.6. The molecule has 1 unspecified atom stereocenters. The van der Waals surface area contributed by atoms with Crippen LogP contribution in [0.4, 0.5) is 27.7 Å². The largest absolute Gasteiger partial charge is 0.442 e. The fraction of sp³-hybridized carbons (Fsp3) is 0.381. The van der Waals surface area contributed by atoms with Crippen molar-refractivity contribution in [2.45, 2.75) is 13.0 Å². The van der Waals surface area contributed by atoms with E-state index in [4.69, 9.17) is 4.74 Å². The van der Waals surface area contributed by atoms with Crippen LogP contribution in [0.5, 0.6) is 0 Å². The predicted octanol–water partition coefficient (Wildman–Crippen LogP) is 1.78. The molecule has 0 bridgehead atoms. The summed E-state index contributed by atoms with van der Waals surface area (Å²) < 4.78 is 5.31. The van der Waals surface area contributed by atoms with Gasteiger partial charge in [-0.3, -0.25) is 19.8 Å². The highest BCUT2D eigenvalue weighted by molar-refractivity contribution is 5.90. The van der Waals surface area contributed by atoms with Gasteiger partial charge in [-0.15, -0.1) is 0 Å². The lowest BCUT2D eigenvalue weighted by Crippen LogP contribution is -2.46. The number of anilines is 3. The van der Waals surface area contributed by atoms with Gasteiger partial charge in [0.05, 0.1) is 18.0 Å². The quantitative estimate of drug-likeness (QED) is 0.533. The van der Waals surface area contributed by atoms with Crippen LogP contribution in [0.1, 0.15) is 6.92 Å². The molecule has 32 heavy (non-hydrogen) atoms. The second-order valence-corrected chi connectivity index (χ2v) is 7.68. The minimum Gasteiger partial charge on any atom is -0.442 e. The Morgan fingerprint density at radius 1 is 1.12 bits per heavy atom. The van der Waals surface area contributed by atoms with E-state index in [-0.39, 0.29) is 17.7 Å². The van der Waals surface area contributed by atoms with Crippen LogP contribution in [0, 0.1) is 10.1 Å². The summed E-state index contributed by atoms with van der Waals surface area (Å²) in [7, 11) is 0. The normalized spacial score (nSPS) is 18.5. The summed E-state index contributed by atoms with van der Waals surface area (Å²) in [5, 5.41) is 13.5. The fourth-order valence-electron chi connectivity index (χ4n) is 3.81. The third-order valence-electron chi connectivity index (χ3n) is 5.53. The summed E-state index contributed by atoms with van der Waals surface area (Å²) in [5.74, 6) is 0.570. The molecule has 11 nitrogen and oxygen atoms in total. The number of aromatic nitrogens is 1. The lowest BCUT2D eigenvalue weighted by molar-refractivity contribution is -0.385. The van der Waals surface area contributed by atoms with Crippen LogP contribution in [0.25, 0.3) is 0 Å². The molecule has 4 rings (SSSR count). The Kier molecular flexibility index (Phi) is 6.06. The number of hydrogen-bond acceptors (Lipinski definition) is 8. The van der Waals surface area contributed by atoms with Crippen molar-refractivity contribution in [1.29, 1.82) is 0 Å². The highest BCUT2D eigenvalue weighted by atomic mass is 16.6. The van der Waals surface area contributed by atoms with E-state index in [0.717, 1.165) is 43.4 Å². The molecule has 1 atom stereocenters. The Balaban J connectivity index is 1.32. The SMILES string of the molecule is CC(=O)NCC1CN(c2ccc(N3CCN(c4ccc([N+](=O)[O-])cn4)CC3)cc2)C(=O)O1. The number of nitrogens with one attached hydrogen (secondary N) is 1. The Morgan fingerprint density at radius 3 is 2.38 bits per heavy atom. The summed E-state index contributed by atoms with van der Waals surface area (Å²) in [5.41, 5.74) is 1.78. The third-order valence-corrected chi connectivity index (χ3v) is 5.53. The number of cyclic esters (lactones) is 1. The second kappa shape index (κ2) is 9.08. The maximum atomic E-state index is 12.2. The smallest absolute Gasteiger partial charge is 0.414 e. The molecule has 1 N–H and O–H groups in total. The first-order chi connectivity index (χ1) is 15.4. The number of carbonyl (C=O) groups excluding carboxylic acids is 2. The van der Waals surface area contributed by atoms with Crippen LogP contribution in [-0.2, 0) is 9.53 Å². The second-order valence-electron chi connectivity index (χ2n) is 7.68. The molecule has 2 aliphatic heterocycles. The van der Waals surface area contributed by atoms with Crippen LogP contribution in [0.2, 0.25) is 0 Å². The van der Waals surface area contributed by atoms with Crippen molar-refractivity contribution in [3.8, 4) is 0 Å². The summed E-state index contributed by atoms with van der Waals surface area (Å²) >= 11 is 0. The molecular weight excluding hydrogens is 416 g/mol. The third kappa shape index (κ3) is 4.71.